The van der Waals surface area contributed by atoms with E-state index < -0.39 is 0 Å². The molecule has 2 aromatic rings. The zero-order valence-corrected chi connectivity index (χ0v) is 30.8. The van der Waals surface area contributed by atoms with Gasteiger partial charge in [-0.3, -0.25) is 0 Å². The Morgan fingerprint density at radius 1 is 0.356 bits per heavy atom. The molecule has 0 bridgehead atoms. The van der Waals surface area contributed by atoms with Crippen LogP contribution in [0.25, 0.3) is 0 Å². The van der Waals surface area contributed by atoms with Crippen molar-refractivity contribution in [2.24, 2.45) is 0 Å². The second kappa shape index (κ2) is 16.4. The summed E-state index contributed by atoms with van der Waals surface area (Å²) >= 11 is 0. The molecular formula is C38H62O7. The van der Waals surface area contributed by atoms with Crippen LogP contribution in [0.15, 0.2) is 24.3 Å². The lowest BCUT2D eigenvalue weighted by Crippen LogP contribution is -2.19. The Bertz CT molecular complexity index is 1100. The highest BCUT2D eigenvalue weighted by Gasteiger charge is 2.28. The van der Waals surface area contributed by atoms with E-state index in [1.54, 1.807) is 14.2 Å². The first-order chi connectivity index (χ1) is 20.8. The molecule has 0 heterocycles. The average molecular weight is 631 g/mol. The molecule has 256 valence electrons. The Hall–Kier alpha value is -2.48. The van der Waals surface area contributed by atoms with Crippen LogP contribution in [0.2, 0.25) is 0 Å². The van der Waals surface area contributed by atoms with Crippen LogP contribution in [0.1, 0.15) is 105 Å². The standard InChI is InChI=1S/C38H62O7/c1-35(2,3)27-25-33(29(37(7,8)9)23-31(27)39-13)44-21-19-42-17-15-41-16-18-43-20-22-45-34-26-28(36(4,5)6)32(40-14)24-30(34)38(10,11)12/h23-26H,15-22H2,1-14H3. The second-order valence-electron chi connectivity index (χ2n) is 15.6. The normalized spacial score (nSPS) is 12.8. The van der Waals surface area contributed by atoms with E-state index >= 15 is 0 Å². The zero-order valence-electron chi connectivity index (χ0n) is 30.8. The van der Waals surface area contributed by atoms with Gasteiger partial charge in [0.2, 0.25) is 0 Å². The summed E-state index contributed by atoms with van der Waals surface area (Å²) in [6, 6.07) is 8.47. The quantitative estimate of drug-likeness (QED) is 0.173. The van der Waals surface area contributed by atoms with E-state index in [0.717, 1.165) is 45.3 Å². The van der Waals surface area contributed by atoms with Gasteiger partial charge >= 0.3 is 0 Å². The Labute approximate surface area is 274 Å². The molecule has 0 saturated heterocycles. The van der Waals surface area contributed by atoms with Crippen molar-refractivity contribution in [2.45, 2.75) is 105 Å². The molecule has 0 unspecified atom stereocenters. The van der Waals surface area contributed by atoms with Gasteiger partial charge in [-0.05, 0) is 45.9 Å². The number of hydrogen-bond acceptors (Lipinski definition) is 7. The van der Waals surface area contributed by atoms with Crippen molar-refractivity contribution in [3.05, 3.63) is 46.5 Å². The lowest BCUT2D eigenvalue weighted by Gasteiger charge is -2.28. The predicted molar refractivity (Wildman–Crippen MR) is 184 cm³/mol. The fourth-order valence-electron chi connectivity index (χ4n) is 5.00. The molecule has 0 radical (unpaired) electrons. The van der Waals surface area contributed by atoms with E-state index in [2.05, 4.69) is 107 Å². The van der Waals surface area contributed by atoms with E-state index in [4.69, 9.17) is 33.2 Å². The van der Waals surface area contributed by atoms with Crippen LogP contribution < -0.4 is 18.9 Å². The van der Waals surface area contributed by atoms with Gasteiger partial charge in [0, 0.05) is 22.3 Å². The van der Waals surface area contributed by atoms with Gasteiger partial charge < -0.3 is 33.2 Å². The molecule has 2 aromatic carbocycles. The third-order valence-corrected chi connectivity index (χ3v) is 7.55. The molecule has 0 fully saturated rings. The number of ether oxygens (including phenoxy) is 7. The van der Waals surface area contributed by atoms with Crippen LogP contribution in [0.4, 0.5) is 0 Å². The maximum Gasteiger partial charge on any atom is 0.123 e. The molecule has 7 heteroatoms. The molecular weight excluding hydrogens is 568 g/mol. The summed E-state index contributed by atoms with van der Waals surface area (Å²) in [4.78, 5) is 0. The topological polar surface area (TPSA) is 64.6 Å². The number of rotatable bonds is 16. The van der Waals surface area contributed by atoms with Gasteiger partial charge in [0.25, 0.3) is 0 Å². The molecule has 0 spiro atoms. The van der Waals surface area contributed by atoms with Crippen molar-refractivity contribution in [2.75, 3.05) is 67.1 Å². The first-order valence-corrected chi connectivity index (χ1v) is 16.3. The van der Waals surface area contributed by atoms with E-state index in [0.29, 0.717) is 52.9 Å². The summed E-state index contributed by atoms with van der Waals surface area (Å²) < 4.78 is 41.1. The SMILES string of the molecule is COc1cc(C(C)(C)C)c(OCCOCCOCCOCCOc2cc(C(C)(C)C)c(OC)cc2C(C)(C)C)cc1C(C)(C)C. The molecule has 0 aromatic heterocycles. The molecule has 0 amide bonds. The van der Waals surface area contributed by atoms with Crippen molar-refractivity contribution >= 4 is 0 Å². The highest BCUT2D eigenvalue weighted by molar-refractivity contribution is 5.52. The van der Waals surface area contributed by atoms with Gasteiger partial charge in [0.05, 0.1) is 53.9 Å². The fraction of sp³-hybridized carbons (Fsp3) is 0.684. The van der Waals surface area contributed by atoms with Gasteiger partial charge in [-0.2, -0.15) is 0 Å². The van der Waals surface area contributed by atoms with Gasteiger partial charge in [-0.25, -0.2) is 0 Å². The maximum atomic E-state index is 6.21. The van der Waals surface area contributed by atoms with Gasteiger partial charge in [-0.15, -0.1) is 0 Å². The molecule has 0 aliphatic rings. The molecule has 0 aliphatic heterocycles. The van der Waals surface area contributed by atoms with Crippen molar-refractivity contribution in [3.63, 3.8) is 0 Å². The van der Waals surface area contributed by atoms with Crippen LogP contribution in [0.3, 0.4) is 0 Å². The average Bonchev–Trinajstić information content (AvgIpc) is 2.92. The summed E-state index contributed by atoms with van der Waals surface area (Å²) in [7, 11) is 3.45. The fourth-order valence-corrected chi connectivity index (χ4v) is 5.00. The van der Waals surface area contributed by atoms with E-state index in [1.165, 1.54) is 0 Å². The van der Waals surface area contributed by atoms with Crippen molar-refractivity contribution in [1.82, 2.24) is 0 Å². The minimum Gasteiger partial charge on any atom is -0.496 e. The largest absolute Gasteiger partial charge is 0.496 e. The lowest BCUT2D eigenvalue weighted by atomic mass is 9.81. The molecule has 0 N–H and O–H groups in total. The Morgan fingerprint density at radius 2 is 0.578 bits per heavy atom. The van der Waals surface area contributed by atoms with Gasteiger partial charge in [0.1, 0.15) is 36.2 Å². The molecule has 0 atom stereocenters. The molecule has 45 heavy (non-hydrogen) atoms. The Balaban J connectivity index is 1.72. The minimum absolute atomic E-state index is 0.0626. The third-order valence-electron chi connectivity index (χ3n) is 7.55. The van der Waals surface area contributed by atoms with E-state index in [9.17, 15) is 0 Å². The van der Waals surface area contributed by atoms with Crippen molar-refractivity contribution in [1.29, 1.82) is 0 Å². The first kappa shape index (κ1) is 38.7. The van der Waals surface area contributed by atoms with Crippen LogP contribution in [0.5, 0.6) is 23.0 Å². The molecule has 0 saturated carbocycles. The summed E-state index contributed by atoms with van der Waals surface area (Å²) in [6.45, 7) is 30.1. The van der Waals surface area contributed by atoms with Crippen molar-refractivity contribution < 1.29 is 33.2 Å². The highest BCUT2D eigenvalue weighted by atomic mass is 16.6. The second-order valence-corrected chi connectivity index (χ2v) is 15.6. The van der Waals surface area contributed by atoms with Crippen LogP contribution in [0, 0.1) is 0 Å². The summed E-state index contributed by atoms with van der Waals surface area (Å²) in [5.41, 5.74) is 4.21. The third kappa shape index (κ3) is 12.0. The van der Waals surface area contributed by atoms with Crippen LogP contribution >= 0.6 is 0 Å². The number of methoxy groups -OCH3 is 2. The zero-order chi connectivity index (χ0) is 34.1. The first-order valence-electron chi connectivity index (χ1n) is 16.3. The van der Waals surface area contributed by atoms with Gasteiger partial charge in [0.15, 0.2) is 0 Å². The van der Waals surface area contributed by atoms with E-state index in [-0.39, 0.29) is 21.7 Å². The van der Waals surface area contributed by atoms with Gasteiger partial charge in [-0.1, -0.05) is 83.1 Å². The predicted octanol–water partition coefficient (Wildman–Crippen LogP) is 8.40. The molecule has 7 nitrogen and oxygen atoms in total. The number of benzene rings is 2. The Morgan fingerprint density at radius 3 is 0.822 bits per heavy atom. The lowest BCUT2D eigenvalue weighted by molar-refractivity contribution is 0.00483. The van der Waals surface area contributed by atoms with Crippen LogP contribution in [-0.2, 0) is 35.9 Å². The monoisotopic (exact) mass is 630 g/mol. The number of hydrogen-bond donors (Lipinski definition) is 0. The summed E-state index contributed by atoms with van der Waals surface area (Å²) in [5.74, 6) is 3.55. The maximum absolute atomic E-state index is 6.21. The smallest absolute Gasteiger partial charge is 0.123 e. The van der Waals surface area contributed by atoms with Crippen LogP contribution in [-0.4, -0.2) is 67.1 Å². The molecule has 2 rings (SSSR count). The van der Waals surface area contributed by atoms with Crippen molar-refractivity contribution in [3.8, 4) is 23.0 Å². The summed E-state index contributed by atoms with van der Waals surface area (Å²) in [5, 5.41) is 0. The highest BCUT2D eigenvalue weighted by Crippen LogP contribution is 2.42. The Kier molecular flexibility index (Phi) is 14.1. The summed E-state index contributed by atoms with van der Waals surface area (Å²) in [6.07, 6.45) is 0. The minimum atomic E-state index is -0.0806. The van der Waals surface area contributed by atoms with E-state index in [1.807, 2.05) is 0 Å². The molecule has 0 aliphatic carbocycles.